The number of nitrogens with one attached hydrogen (secondary N) is 1. The van der Waals surface area contributed by atoms with Crippen molar-refractivity contribution in [1.82, 2.24) is 5.32 Å². The van der Waals surface area contributed by atoms with E-state index in [4.69, 9.17) is 5.73 Å². The van der Waals surface area contributed by atoms with E-state index in [0.29, 0.717) is 5.75 Å². The molecule has 3 N–H and O–H groups in total. The van der Waals surface area contributed by atoms with Gasteiger partial charge in [-0.2, -0.15) is 0 Å². The number of carbonyl (C=O) groups excluding carboxylic acids is 1. The Bertz CT molecular complexity index is 380. The number of anilines is 1. The third-order valence-corrected chi connectivity index (χ3v) is 3.58. The van der Waals surface area contributed by atoms with E-state index in [1.807, 2.05) is 25.1 Å². The molecule has 0 saturated carbocycles. The van der Waals surface area contributed by atoms with Crippen LogP contribution in [-0.2, 0) is 4.79 Å². The molecule has 0 aliphatic carbocycles. The van der Waals surface area contributed by atoms with Crippen LogP contribution in [0.4, 0.5) is 5.69 Å². The Hall–Kier alpha value is -1.16. The number of aryl methyl sites for hydroxylation is 1. The van der Waals surface area contributed by atoms with Gasteiger partial charge in [-0.15, -0.1) is 11.8 Å². The second-order valence-electron chi connectivity index (χ2n) is 4.02. The van der Waals surface area contributed by atoms with Crippen molar-refractivity contribution in [2.24, 2.45) is 0 Å². The number of hydrogen-bond donors (Lipinski definition) is 2. The minimum atomic E-state index is 0.0882. The smallest absolute Gasteiger partial charge is 0.230 e. The summed E-state index contributed by atoms with van der Waals surface area (Å²) in [7, 11) is 0. The molecular formula is C13H20N2OS. The van der Waals surface area contributed by atoms with Crippen LogP contribution in [0.3, 0.4) is 0 Å². The number of nitrogen functional groups attached to an aromatic ring is 1. The largest absolute Gasteiger partial charge is 0.399 e. The summed E-state index contributed by atoms with van der Waals surface area (Å²) in [4.78, 5) is 12.6. The van der Waals surface area contributed by atoms with Gasteiger partial charge in [0.25, 0.3) is 0 Å². The zero-order valence-corrected chi connectivity index (χ0v) is 11.3. The quantitative estimate of drug-likeness (QED) is 0.465. The number of thioether (sulfide) groups is 1. The zero-order chi connectivity index (χ0) is 12.7. The van der Waals surface area contributed by atoms with Gasteiger partial charge in [0.1, 0.15) is 0 Å². The number of rotatable bonds is 6. The molecule has 1 rings (SSSR count). The average molecular weight is 252 g/mol. The van der Waals surface area contributed by atoms with Crippen molar-refractivity contribution in [1.29, 1.82) is 0 Å². The van der Waals surface area contributed by atoms with Gasteiger partial charge in [0, 0.05) is 17.1 Å². The molecule has 17 heavy (non-hydrogen) atoms. The van der Waals surface area contributed by atoms with Crippen LogP contribution in [0.1, 0.15) is 25.3 Å². The first-order valence-electron chi connectivity index (χ1n) is 5.89. The van der Waals surface area contributed by atoms with Crippen LogP contribution < -0.4 is 11.1 Å². The topological polar surface area (TPSA) is 55.1 Å². The number of amides is 1. The maximum atomic E-state index is 11.5. The Kier molecular flexibility index (Phi) is 5.91. The van der Waals surface area contributed by atoms with E-state index < -0.39 is 0 Å². The lowest BCUT2D eigenvalue weighted by molar-refractivity contribution is -0.118. The Morgan fingerprint density at radius 1 is 1.47 bits per heavy atom. The Morgan fingerprint density at radius 2 is 2.24 bits per heavy atom. The van der Waals surface area contributed by atoms with Crippen LogP contribution in [0.5, 0.6) is 0 Å². The predicted molar refractivity (Wildman–Crippen MR) is 74.2 cm³/mol. The molecule has 0 radical (unpaired) electrons. The van der Waals surface area contributed by atoms with Crippen LogP contribution in [0.25, 0.3) is 0 Å². The SMILES string of the molecule is CCCCNC(=O)CSc1cc(N)ccc1C. The van der Waals surface area contributed by atoms with E-state index in [2.05, 4.69) is 12.2 Å². The van der Waals surface area contributed by atoms with Gasteiger partial charge in [-0.1, -0.05) is 19.4 Å². The molecule has 0 atom stereocenters. The molecule has 0 unspecified atom stereocenters. The van der Waals surface area contributed by atoms with E-state index in [9.17, 15) is 4.79 Å². The standard InChI is InChI=1S/C13H20N2OS/c1-3-4-7-15-13(16)9-17-12-8-11(14)6-5-10(12)2/h5-6,8H,3-4,7,9,14H2,1-2H3,(H,15,16). The zero-order valence-electron chi connectivity index (χ0n) is 10.5. The van der Waals surface area contributed by atoms with Crippen LogP contribution in [0, 0.1) is 6.92 Å². The Labute approximate surface area is 107 Å². The first-order chi connectivity index (χ1) is 8.13. The normalized spacial score (nSPS) is 10.2. The second kappa shape index (κ2) is 7.22. The fourth-order valence-corrected chi connectivity index (χ4v) is 2.27. The predicted octanol–water partition coefficient (Wildman–Crippen LogP) is 2.59. The first-order valence-corrected chi connectivity index (χ1v) is 6.87. The molecule has 0 spiro atoms. The summed E-state index contributed by atoms with van der Waals surface area (Å²) in [5.74, 6) is 0.541. The maximum absolute atomic E-state index is 11.5. The molecule has 0 bridgehead atoms. The molecule has 0 fully saturated rings. The number of unbranched alkanes of at least 4 members (excludes halogenated alkanes) is 1. The van der Waals surface area contributed by atoms with Crippen molar-refractivity contribution >= 4 is 23.4 Å². The summed E-state index contributed by atoms with van der Waals surface area (Å²) in [5.41, 5.74) is 7.62. The van der Waals surface area contributed by atoms with E-state index in [0.717, 1.165) is 35.5 Å². The van der Waals surface area contributed by atoms with E-state index >= 15 is 0 Å². The van der Waals surface area contributed by atoms with E-state index in [1.54, 1.807) is 0 Å². The van der Waals surface area contributed by atoms with Gasteiger partial charge in [0.15, 0.2) is 0 Å². The molecule has 0 aliphatic rings. The van der Waals surface area contributed by atoms with Gasteiger partial charge in [0.05, 0.1) is 5.75 Å². The highest BCUT2D eigenvalue weighted by molar-refractivity contribution is 8.00. The van der Waals surface area contributed by atoms with Crippen molar-refractivity contribution in [3.63, 3.8) is 0 Å². The summed E-state index contributed by atoms with van der Waals surface area (Å²) >= 11 is 1.54. The van der Waals surface area contributed by atoms with Crippen LogP contribution >= 0.6 is 11.8 Å². The van der Waals surface area contributed by atoms with Gasteiger partial charge in [-0.3, -0.25) is 4.79 Å². The highest BCUT2D eigenvalue weighted by atomic mass is 32.2. The van der Waals surface area contributed by atoms with Crippen LogP contribution in [-0.4, -0.2) is 18.2 Å². The highest BCUT2D eigenvalue weighted by Gasteiger charge is 2.04. The van der Waals surface area contributed by atoms with Crippen LogP contribution in [0.15, 0.2) is 23.1 Å². The lowest BCUT2D eigenvalue weighted by atomic mass is 10.2. The molecule has 0 heterocycles. The molecule has 0 aliphatic heterocycles. The van der Waals surface area contributed by atoms with Crippen LogP contribution in [0.2, 0.25) is 0 Å². The number of benzene rings is 1. The van der Waals surface area contributed by atoms with Crippen molar-refractivity contribution in [3.05, 3.63) is 23.8 Å². The molecule has 1 aromatic rings. The third kappa shape index (κ3) is 5.13. The third-order valence-electron chi connectivity index (χ3n) is 2.42. The van der Waals surface area contributed by atoms with Crippen molar-refractivity contribution in [3.8, 4) is 0 Å². The summed E-state index contributed by atoms with van der Waals surface area (Å²) in [6.45, 7) is 4.90. The molecular weight excluding hydrogens is 232 g/mol. The maximum Gasteiger partial charge on any atom is 0.230 e. The molecule has 4 heteroatoms. The minimum absolute atomic E-state index is 0.0882. The van der Waals surface area contributed by atoms with Gasteiger partial charge in [-0.05, 0) is 31.0 Å². The number of hydrogen-bond acceptors (Lipinski definition) is 3. The number of nitrogens with two attached hydrogens (primary N) is 1. The molecule has 1 amide bonds. The lowest BCUT2D eigenvalue weighted by Gasteiger charge is -2.07. The fraction of sp³-hybridized carbons (Fsp3) is 0.462. The van der Waals surface area contributed by atoms with Gasteiger partial charge >= 0.3 is 0 Å². The molecule has 94 valence electrons. The van der Waals surface area contributed by atoms with E-state index in [-0.39, 0.29) is 5.91 Å². The number of carbonyl (C=O) groups is 1. The Balaban J connectivity index is 2.39. The summed E-state index contributed by atoms with van der Waals surface area (Å²) in [5, 5.41) is 2.90. The van der Waals surface area contributed by atoms with E-state index in [1.165, 1.54) is 11.8 Å². The molecule has 1 aromatic carbocycles. The Morgan fingerprint density at radius 3 is 2.94 bits per heavy atom. The van der Waals surface area contributed by atoms with Gasteiger partial charge in [-0.25, -0.2) is 0 Å². The lowest BCUT2D eigenvalue weighted by Crippen LogP contribution is -2.26. The molecule has 0 saturated heterocycles. The minimum Gasteiger partial charge on any atom is -0.399 e. The van der Waals surface area contributed by atoms with Gasteiger partial charge in [0.2, 0.25) is 5.91 Å². The summed E-state index contributed by atoms with van der Waals surface area (Å²) < 4.78 is 0. The highest BCUT2D eigenvalue weighted by Crippen LogP contribution is 2.24. The van der Waals surface area contributed by atoms with Crippen molar-refractivity contribution in [2.45, 2.75) is 31.6 Å². The van der Waals surface area contributed by atoms with Crippen molar-refractivity contribution in [2.75, 3.05) is 18.0 Å². The summed E-state index contributed by atoms with van der Waals surface area (Å²) in [6.07, 6.45) is 2.13. The fourth-order valence-electron chi connectivity index (χ4n) is 1.37. The molecule has 3 nitrogen and oxygen atoms in total. The van der Waals surface area contributed by atoms with Gasteiger partial charge < -0.3 is 11.1 Å². The summed E-state index contributed by atoms with van der Waals surface area (Å²) in [6, 6.07) is 5.77. The van der Waals surface area contributed by atoms with Crippen molar-refractivity contribution < 1.29 is 4.79 Å². The monoisotopic (exact) mass is 252 g/mol. The first kappa shape index (κ1) is 13.9. The average Bonchev–Trinajstić information content (AvgIpc) is 2.31. The molecule has 0 aromatic heterocycles. The second-order valence-corrected chi connectivity index (χ2v) is 5.03.